The highest BCUT2D eigenvalue weighted by atomic mass is 32.2. The molecule has 21 heavy (non-hydrogen) atoms. The molecule has 0 saturated carbocycles. The zero-order valence-electron chi connectivity index (χ0n) is 11.9. The molecule has 0 spiro atoms. The zero-order valence-corrected chi connectivity index (χ0v) is 12.7. The Labute approximate surface area is 122 Å². The molecule has 1 aromatic heterocycles. The zero-order chi connectivity index (χ0) is 15.8. The molecule has 0 aliphatic carbocycles. The van der Waals surface area contributed by atoms with Crippen LogP contribution in [0.5, 0.6) is 0 Å². The average Bonchev–Trinajstić information content (AvgIpc) is 2.38. The number of sulfonamides is 1. The number of nitrogen functional groups attached to an aromatic ring is 1. The van der Waals surface area contributed by atoms with E-state index in [4.69, 9.17) is 5.73 Å². The Morgan fingerprint density at radius 3 is 2.43 bits per heavy atom. The number of nitrogens with zero attached hydrogens (tertiary/aromatic N) is 1. The molecule has 0 bridgehead atoms. The van der Waals surface area contributed by atoms with Gasteiger partial charge in [0.25, 0.3) is 15.6 Å². The number of nitrogens with one attached hydrogen (secondary N) is 2. The summed E-state index contributed by atoms with van der Waals surface area (Å²) in [5.41, 5.74) is 7.84. The van der Waals surface area contributed by atoms with E-state index in [-0.39, 0.29) is 10.7 Å². The molecule has 112 valence electrons. The summed E-state index contributed by atoms with van der Waals surface area (Å²) in [5.74, 6) is 0.0348. The van der Waals surface area contributed by atoms with E-state index in [2.05, 4.69) is 14.9 Å². The van der Waals surface area contributed by atoms with Crippen molar-refractivity contribution in [2.24, 2.45) is 0 Å². The maximum atomic E-state index is 12.5. The lowest BCUT2D eigenvalue weighted by Crippen LogP contribution is -2.19. The number of anilines is 2. The number of aromatic nitrogens is 2. The van der Waals surface area contributed by atoms with Gasteiger partial charge in [-0.2, -0.15) is 5.10 Å². The lowest BCUT2D eigenvalue weighted by atomic mass is 10.1. The van der Waals surface area contributed by atoms with E-state index in [0.717, 1.165) is 5.56 Å². The van der Waals surface area contributed by atoms with Gasteiger partial charge in [-0.25, -0.2) is 13.5 Å². The average molecular weight is 308 g/mol. The second kappa shape index (κ2) is 5.21. The summed E-state index contributed by atoms with van der Waals surface area (Å²) in [6.45, 7) is 5.18. The summed E-state index contributed by atoms with van der Waals surface area (Å²) < 4.78 is 27.3. The number of aryl methyl sites for hydroxylation is 2. The van der Waals surface area contributed by atoms with Crippen LogP contribution in [0, 0.1) is 20.8 Å². The number of nitrogens with two attached hydrogens (primary N) is 1. The van der Waals surface area contributed by atoms with Crippen molar-refractivity contribution in [2.45, 2.75) is 25.7 Å². The topological polar surface area (TPSA) is 118 Å². The molecule has 0 radical (unpaired) electrons. The standard InChI is InChI=1S/C13H16N4O3S/c1-7-6-8(2)13(9(3)12(7)14)21(19,20)17-10-4-5-11(18)16-15-10/h4-6H,14H2,1-3H3,(H,15,17)(H,16,18). The van der Waals surface area contributed by atoms with Crippen molar-refractivity contribution < 1.29 is 8.42 Å². The minimum Gasteiger partial charge on any atom is -0.398 e. The van der Waals surface area contributed by atoms with Crippen molar-refractivity contribution in [1.82, 2.24) is 10.2 Å². The van der Waals surface area contributed by atoms with Crippen LogP contribution >= 0.6 is 0 Å². The Balaban J connectivity index is 2.52. The van der Waals surface area contributed by atoms with Crippen LogP contribution in [0.4, 0.5) is 11.5 Å². The van der Waals surface area contributed by atoms with Crippen LogP contribution in [0.2, 0.25) is 0 Å². The molecule has 0 amide bonds. The first-order chi connectivity index (χ1) is 9.72. The molecule has 0 saturated heterocycles. The molecule has 2 rings (SSSR count). The summed E-state index contributed by atoms with van der Waals surface area (Å²) in [7, 11) is -3.84. The molecule has 0 aliphatic heterocycles. The van der Waals surface area contributed by atoms with Crippen molar-refractivity contribution in [3.8, 4) is 0 Å². The number of H-pyrrole nitrogens is 1. The Bertz CT molecular complexity index is 836. The fraction of sp³-hybridized carbons (Fsp3) is 0.231. The quantitative estimate of drug-likeness (QED) is 0.733. The molecular formula is C13H16N4O3S. The van der Waals surface area contributed by atoms with E-state index in [0.29, 0.717) is 16.8 Å². The maximum absolute atomic E-state index is 12.5. The summed E-state index contributed by atoms with van der Waals surface area (Å²) in [5, 5.41) is 5.80. The molecule has 4 N–H and O–H groups in total. The van der Waals surface area contributed by atoms with Gasteiger partial charge in [0.05, 0.1) is 4.90 Å². The number of benzene rings is 1. The van der Waals surface area contributed by atoms with Crippen molar-refractivity contribution >= 4 is 21.5 Å². The van der Waals surface area contributed by atoms with Crippen LogP contribution < -0.4 is 16.0 Å². The van der Waals surface area contributed by atoms with Gasteiger partial charge in [0.2, 0.25) is 0 Å². The first kappa shape index (κ1) is 15.0. The van der Waals surface area contributed by atoms with Crippen LogP contribution in [0.1, 0.15) is 16.7 Å². The highest BCUT2D eigenvalue weighted by Gasteiger charge is 2.22. The van der Waals surface area contributed by atoms with Gasteiger partial charge in [-0.05, 0) is 43.5 Å². The van der Waals surface area contributed by atoms with E-state index in [1.165, 1.54) is 12.1 Å². The smallest absolute Gasteiger partial charge is 0.264 e. The molecule has 2 aromatic rings. The van der Waals surface area contributed by atoms with E-state index >= 15 is 0 Å². The minimum atomic E-state index is -3.84. The van der Waals surface area contributed by atoms with Crippen molar-refractivity contribution in [2.75, 3.05) is 10.5 Å². The van der Waals surface area contributed by atoms with Crippen LogP contribution in [0.25, 0.3) is 0 Å². The van der Waals surface area contributed by atoms with Gasteiger partial charge in [0.1, 0.15) is 0 Å². The molecule has 1 aromatic carbocycles. The normalized spacial score (nSPS) is 11.4. The molecule has 7 nitrogen and oxygen atoms in total. The lowest BCUT2D eigenvalue weighted by molar-refractivity contribution is 0.599. The van der Waals surface area contributed by atoms with Gasteiger partial charge in [0, 0.05) is 11.8 Å². The van der Waals surface area contributed by atoms with E-state index < -0.39 is 15.6 Å². The van der Waals surface area contributed by atoms with Gasteiger partial charge in [-0.15, -0.1) is 0 Å². The van der Waals surface area contributed by atoms with E-state index in [9.17, 15) is 13.2 Å². The predicted molar refractivity (Wildman–Crippen MR) is 80.7 cm³/mol. The highest BCUT2D eigenvalue weighted by molar-refractivity contribution is 7.92. The monoisotopic (exact) mass is 308 g/mol. The van der Waals surface area contributed by atoms with Crippen LogP contribution in [-0.2, 0) is 10.0 Å². The van der Waals surface area contributed by atoms with Crippen LogP contribution in [-0.4, -0.2) is 18.6 Å². The van der Waals surface area contributed by atoms with E-state index in [1.807, 2.05) is 6.92 Å². The number of hydrogen-bond acceptors (Lipinski definition) is 5. The summed E-state index contributed by atoms with van der Waals surface area (Å²) in [6, 6.07) is 4.20. The number of rotatable bonds is 3. The largest absolute Gasteiger partial charge is 0.398 e. The third kappa shape index (κ3) is 2.89. The minimum absolute atomic E-state index is 0.0348. The third-order valence-electron chi connectivity index (χ3n) is 3.15. The highest BCUT2D eigenvalue weighted by Crippen LogP contribution is 2.28. The first-order valence-corrected chi connectivity index (χ1v) is 7.65. The molecular weight excluding hydrogens is 292 g/mol. The Kier molecular flexibility index (Phi) is 3.73. The SMILES string of the molecule is Cc1cc(C)c(S(=O)(=O)Nc2ccc(=O)[nH]n2)c(C)c1N. The molecule has 0 aliphatic rings. The Hall–Kier alpha value is -2.35. The van der Waals surface area contributed by atoms with Crippen molar-refractivity contribution in [1.29, 1.82) is 0 Å². The molecule has 0 unspecified atom stereocenters. The van der Waals surface area contributed by atoms with Gasteiger partial charge >= 0.3 is 0 Å². The fourth-order valence-corrected chi connectivity index (χ4v) is 3.67. The fourth-order valence-electron chi connectivity index (χ4n) is 2.19. The second-order valence-corrected chi connectivity index (χ2v) is 6.41. The third-order valence-corrected chi connectivity index (χ3v) is 4.79. The number of hydrogen-bond donors (Lipinski definition) is 3. The lowest BCUT2D eigenvalue weighted by Gasteiger charge is -2.15. The molecule has 1 heterocycles. The van der Waals surface area contributed by atoms with Crippen molar-refractivity contribution in [3.63, 3.8) is 0 Å². The predicted octanol–water partition coefficient (Wildman–Crippen LogP) is 1.08. The first-order valence-electron chi connectivity index (χ1n) is 6.17. The van der Waals surface area contributed by atoms with Gasteiger partial charge in [-0.1, -0.05) is 6.07 Å². The number of aromatic amines is 1. The summed E-state index contributed by atoms with van der Waals surface area (Å²) in [6.07, 6.45) is 0. The second-order valence-electron chi connectivity index (χ2n) is 4.79. The molecule has 8 heteroatoms. The summed E-state index contributed by atoms with van der Waals surface area (Å²) in [4.78, 5) is 11.1. The maximum Gasteiger partial charge on any atom is 0.264 e. The summed E-state index contributed by atoms with van der Waals surface area (Å²) >= 11 is 0. The molecule has 0 fully saturated rings. The van der Waals surface area contributed by atoms with Crippen molar-refractivity contribution in [3.05, 3.63) is 45.2 Å². The van der Waals surface area contributed by atoms with Gasteiger partial charge < -0.3 is 5.73 Å². The van der Waals surface area contributed by atoms with E-state index in [1.54, 1.807) is 19.9 Å². The van der Waals surface area contributed by atoms with Gasteiger partial charge in [0.15, 0.2) is 5.82 Å². The van der Waals surface area contributed by atoms with Crippen LogP contribution in [0.3, 0.4) is 0 Å². The van der Waals surface area contributed by atoms with Gasteiger partial charge in [-0.3, -0.25) is 9.52 Å². The molecule has 0 atom stereocenters. The Morgan fingerprint density at radius 2 is 1.86 bits per heavy atom. The van der Waals surface area contributed by atoms with Crippen LogP contribution in [0.15, 0.2) is 27.9 Å². The Morgan fingerprint density at radius 1 is 1.19 bits per heavy atom.